The Balaban J connectivity index is 3.95. The second-order valence-corrected chi connectivity index (χ2v) is 5.00. The van der Waals surface area contributed by atoms with Crippen LogP contribution in [0.4, 0.5) is 0 Å². The molecule has 0 aromatic rings. The van der Waals surface area contributed by atoms with Gasteiger partial charge in [-0.25, -0.2) is 0 Å². The Hall–Kier alpha value is -1.57. The third-order valence-electron chi connectivity index (χ3n) is 2.80. The molecule has 0 fully saturated rings. The van der Waals surface area contributed by atoms with E-state index >= 15 is 0 Å². The van der Waals surface area contributed by atoms with E-state index in [0.717, 1.165) is 0 Å². The molecule has 102 valence electrons. The molecule has 2 amide bonds. The summed E-state index contributed by atoms with van der Waals surface area (Å²) in [5.74, 6) is 0.00818. The number of nitrogens with zero attached hydrogens (tertiary/aromatic N) is 1. The number of hydrogen-bond acceptors (Lipinski definition) is 3. The fraction of sp³-hybridized carbons (Fsp3) is 0.769. The zero-order valence-corrected chi connectivity index (χ0v) is 11.7. The van der Waals surface area contributed by atoms with E-state index in [1.165, 1.54) is 0 Å². The van der Waals surface area contributed by atoms with Gasteiger partial charge in [-0.15, -0.1) is 0 Å². The molecule has 0 rings (SSSR count). The SMILES string of the molecule is CCC(C)(C#N)C(=O)NCCC(=O)NCC(C)C. The van der Waals surface area contributed by atoms with Gasteiger partial charge in [-0.1, -0.05) is 20.8 Å². The van der Waals surface area contributed by atoms with E-state index < -0.39 is 5.41 Å². The maximum Gasteiger partial charge on any atom is 0.240 e. The Bertz CT molecular complexity index is 334. The highest BCUT2D eigenvalue weighted by molar-refractivity contribution is 5.85. The smallest absolute Gasteiger partial charge is 0.240 e. The van der Waals surface area contributed by atoms with Crippen molar-refractivity contribution in [2.24, 2.45) is 11.3 Å². The van der Waals surface area contributed by atoms with Crippen LogP contribution in [0.3, 0.4) is 0 Å². The number of nitrogens with one attached hydrogen (secondary N) is 2. The predicted molar refractivity (Wildman–Crippen MR) is 69.5 cm³/mol. The van der Waals surface area contributed by atoms with E-state index in [9.17, 15) is 9.59 Å². The monoisotopic (exact) mass is 253 g/mol. The lowest BCUT2D eigenvalue weighted by Crippen LogP contribution is -2.39. The molecular formula is C13H23N3O2. The summed E-state index contributed by atoms with van der Waals surface area (Å²) in [6, 6.07) is 1.99. The van der Waals surface area contributed by atoms with Crippen LogP contribution in [0, 0.1) is 22.7 Å². The van der Waals surface area contributed by atoms with Gasteiger partial charge >= 0.3 is 0 Å². The Morgan fingerprint density at radius 1 is 1.33 bits per heavy atom. The third-order valence-corrected chi connectivity index (χ3v) is 2.80. The van der Waals surface area contributed by atoms with Gasteiger partial charge in [0.05, 0.1) is 6.07 Å². The van der Waals surface area contributed by atoms with Gasteiger partial charge in [-0.05, 0) is 19.3 Å². The van der Waals surface area contributed by atoms with Gasteiger partial charge < -0.3 is 10.6 Å². The minimum Gasteiger partial charge on any atom is -0.356 e. The van der Waals surface area contributed by atoms with E-state index in [1.54, 1.807) is 13.8 Å². The van der Waals surface area contributed by atoms with Crippen molar-refractivity contribution in [3.05, 3.63) is 0 Å². The first kappa shape index (κ1) is 16.4. The molecule has 1 atom stereocenters. The molecule has 0 radical (unpaired) electrons. The van der Waals surface area contributed by atoms with Crippen LogP contribution < -0.4 is 10.6 Å². The zero-order chi connectivity index (χ0) is 14.2. The van der Waals surface area contributed by atoms with E-state index in [0.29, 0.717) is 18.9 Å². The average molecular weight is 253 g/mol. The molecule has 0 aliphatic heterocycles. The normalized spacial score (nSPS) is 13.6. The molecule has 0 aromatic heterocycles. The van der Waals surface area contributed by atoms with Crippen LogP contribution in [-0.4, -0.2) is 24.9 Å². The van der Waals surface area contributed by atoms with Gasteiger partial charge in [0.1, 0.15) is 5.41 Å². The van der Waals surface area contributed by atoms with E-state index in [1.807, 2.05) is 19.9 Å². The van der Waals surface area contributed by atoms with Gasteiger partial charge in [0.2, 0.25) is 11.8 Å². The van der Waals surface area contributed by atoms with Crippen molar-refractivity contribution in [3.63, 3.8) is 0 Å². The summed E-state index contributed by atoms with van der Waals surface area (Å²) < 4.78 is 0. The van der Waals surface area contributed by atoms with Crippen LogP contribution in [0.25, 0.3) is 0 Å². The highest BCUT2D eigenvalue weighted by atomic mass is 16.2. The van der Waals surface area contributed by atoms with Gasteiger partial charge in [0.15, 0.2) is 0 Å². The zero-order valence-electron chi connectivity index (χ0n) is 11.7. The molecule has 1 unspecified atom stereocenters. The number of carbonyl (C=O) groups is 2. The minimum atomic E-state index is -1.01. The number of nitriles is 1. The molecule has 2 N–H and O–H groups in total. The fourth-order valence-electron chi connectivity index (χ4n) is 1.18. The molecular weight excluding hydrogens is 230 g/mol. The van der Waals surface area contributed by atoms with Crippen molar-refractivity contribution in [2.45, 2.75) is 40.5 Å². The number of rotatable bonds is 7. The highest BCUT2D eigenvalue weighted by Crippen LogP contribution is 2.19. The number of carbonyl (C=O) groups excluding carboxylic acids is 2. The van der Waals surface area contributed by atoms with Crippen molar-refractivity contribution < 1.29 is 9.59 Å². The van der Waals surface area contributed by atoms with E-state index in [4.69, 9.17) is 5.26 Å². The van der Waals surface area contributed by atoms with E-state index in [2.05, 4.69) is 10.6 Å². The summed E-state index contributed by atoms with van der Waals surface area (Å²) >= 11 is 0. The second-order valence-electron chi connectivity index (χ2n) is 5.00. The summed E-state index contributed by atoms with van der Waals surface area (Å²) in [6.07, 6.45) is 0.693. The quantitative estimate of drug-likeness (QED) is 0.715. The first-order chi connectivity index (χ1) is 8.35. The van der Waals surface area contributed by atoms with E-state index in [-0.39, 0.29) is 24.8 Å². The molecule has 0 saturated carbocycles. The van der Waals surface area contributed by atoms with Gasteiger partial charge in [-0.2, -0.15) is 5.26 Å². The molecule has 18 heavy (non-hydrogen) atoms. The number of hydrogen-bond donors (Lipinski definition) is 2. The van der Waals surface area contributed by atoms with Crippen LogP contribution >= 0.6 is 0 Å². The molecule has 5 heteroatoms. The average Bonchev–Trinajstić information content (AvgIpc) is 2.35. The first-order valence-corrected chi connectivity index (χ1v) is 6.32. The van der Waals surface area contributed by atoms with Crippen LogP contribution in [-0.2, 0) is 9.59 Å². The number of amides is 2. The van der Waals surface area contributed by atoms with Crippen LogP contribution in [0.1, 0.15) is 40.5 Å². The summed E-state index contributed by atoms with van der Waals surface area (Å²) in [5.41, 5.74) is -1.01. The Kier molecular flexibility index (Phi) is 7.03. The highest BCUT2D eigenvalue weighted by Gasteiger charge is 2.30. The van der Waals surface area contributed by atoms with Crippen molar-refractivity contribution in [3.8, 4) is 6.07 Å². The Labute approximate surface area is 109 Å². The molecule has 0 bridgehead atoms. The van der Waals surface area contributed by atoms with Gasteiger partial charge in [0, 0.05) is 19.5 Å². The molecule has 0 saturated heterocycles. The largest absolute Gasteiger partial charge is 0.356 e. The van der Waals surface area contributed by atoms with Gasteiger partial charge in [0.25, 0.3) is 0 Å². The second kappa shape index (κ2) is 7.70. The summed E-state index contributed by atoms with van der Waals surface area (Å²) in [7, 11) is 0. The summed E-state index contributed by atoms with van der Waals surface area (Å²) in [5, 5.41) is 14.3. The van der Waals surface area contributed by atoms with Crippen LogP contribution in [0.15, 0.2) is 0 Å². The fourth-order valence-corrected chi connectivity index (χ4v) is 1.18. The Morgan fingerprint density at radius 2 is 1.94 bits per heavy atom. The molecule has 0 aliphatic carbocycles. The predicted octanol–water partition coefficient (Wildman–Crippen LogP) is 1.20. The minimum absolute atomic E-state index is 0.0841. The third kappa shape index (κ3) is 5.67. The summed E-state index contributed by atoms with van der Waals surface area (Å²) in [6.45, 7) is 8.32. The molecule has 0 aliphatic rings. The lowest BCUT2D eigenvalue weighted by Gasteiger charge is -2.18. The van der Waals surface area contributed by atoms with Crippen molar-refractivity contribution in [2.75, 3.05) is 13.1 Å². The Morgan fingerprint density at radius 3 is 2.39 bits per heavy atom. The lowest BCUT2D eigenvalue weighted by molar-refractivity contribution is -0.127. The molecule has 0 spiro atoms. The maximum absolute atomic E-state index is 11.7. The standard InChI is InChI=1S/C13H23N3O2/c1-5-13(4,9-14)12(18)15-7-6-11(17)16-8-10(2)3/h10H,5-8H2,1-4H3,(H,15,18)(H,16,17). The van der Waals surface area contributed by atoms with Crippen molar-refractivity contribution in [1.29, 1.82) is 5.26 Å². The van der Waals surface area contributed by atoms with Crippen LogP contribution in [0.5, 0.6) is 0 Å². The topological polar surface area (TPSA) is 82.0 Å². The molecule has 0 heterocycles. The van der Waals surface area contributed by atoms with Crippen molar-refractivity contribution in [1.82, 2.24) is 10.6 Å². The molecule has 5 nitrogen and oxygen atoms in total. The lowest BCUT2D eigenvalue weighted by atomic mass is 9.88. The summed E-state index contributed by atoms with van der Waals surface area (Å²) in [4.78, 5) is 23.1. The molecule has 0 aromatic carbocycles. The van der Waals surface area contributed by atoms with Crippen LogP contribution in [0.2, 0.25) is 0 Å². The van der Waals surface area contributed by atoms with Gasteiger partial charge in [-0.3, -0.25) is 9.59 Å². The maximum atomic E-state index is 11.7. The van der Waals surface area contributed by atoms with Crippen molar-refractivity contribution >= 4 is 11.8 Å². The first-order valence-electron chi connectivity index (χ1n) is 6.32.